The number of carbonyl (C=O) groups excluding carboxylic acids is 3. The first-order chi connectivity index (χ1) is 17.8. The first kappa shape index (κ1) is 27.9. The summed E-state index contributed by atoms with van der Waals surface area (Å²) in [7, 11) is 1.70. The second kappa shape index (κ2) is 13.6. The number of hydrogen-bond donors (Lipinski definition) is 3. The number of esters is 1. The van der Waals surface area contributed by atoms with Crippen molar-refractivity contribution in [3.8, 4) is 11.1 Å². The van der Waals surface area contributed by atoms with Gasteiger partial charge >= 0.3 is 11.9 Å². The summed E-state index contributed by atoms with van der Waals surface area (Å²) in [6.45, 7) is 0.137. The number of nitrogens with one attached hydrogen (secondary N) is 1. The lowest BCUT2D eigenvalue weighted by Gasteiger charge is -2.18. The van der Waals surface area contributed by atoms with Gasteiger partial charge in [-0.25, -0.2) is 4.79 Å². The first-order valence-corrected chi connectivity index (χ1v) is 13.7. The van der Waals surface area contributed by atoms with Crippen LogP contribution in [0.25, 0.3) is 21.6 Å². The number of primary amides is 1. The van der Waals surface area contributed by atoms with Crippen molar-refractivity contribution in [1.82, 2.24) is 5.32 Å². The summed E-state index contributed by atoms with van der Waals surface area (Å²) < 4.78 is 5.50. The summed E-state index contributed by atoms with van der Waals surface area (Å²) >= 11 is 0. The Kier molecular flexibility index (Phi) is 10.2. The number of carboxylic acid groups (broad SMARTS) is 1. The van der Waals surface area contributed by atoms with E-state index >= 15 is 0 Å². The van der Waals surface area contributed by atoms with E-state index in [1.165, 1.54) is 0 Å². The van der Waals surface area contributed by atoms with Crippen LogP contribution >= 0.6 is 21.6 Å². The molecule has 194 valence electrons. The molecule has 3 rings (SSSR count). The average Bonchev–Trinajstić information content (AvgIpc) is 3.20. The van der Waals surface area contributed by atoms with E-state index in [1.807, 2.05) is 48.5 Å². The number of ether oxygens (including phenoxy) is 1. The Morgan fingerprint density at radius 1 is 1.11 bits per heavy atom. The molecule has 0 aromatic heterocycles. The fourth-order valence-electron chi connectivity index (χ4n) is 3.86. The summed E-state index contributed by atoms with van der Waals surface area (Å²) in [5, 5.41) is 13.7. The second-order valence-electron chi connectivity index (χ2n) is 8.04. The number of nitrogens with zero attached hydrogens (tertiary/aromatic N) is 3. The molecule has 0 spiro atoms. The van der Waals surface area contributed by atoms with Crippen LogP contribution in [0.3, 0.4) is 0 Å². The predicted octanol–water partition coefficient (Wildman–Crippen LogP) is 3.24. The Morgan fingerprint density at radius 2 is 1.73 bits per heavy atom. The Balaban J connectivity index is 1.55. The molecular weight excluding hydrogens is 518 g/mol. The van der Waals surface area contributed by atoms with E-state index in [4.69, 9.17) is 16.0 Å². The Hall–Kier alpha value is -3.67. The molecule has 11 nitrogen and oxygen atoms in total. The van der Waals surface area contributed by atoms with E-state index in [9.17, 15) is 24.3 Å². The molecule has 0 saturated carbocycles. The van der Waals surface area contributed by atoms with E-state index in [0.29, 0.717) is 0 Å². The van der Waals surface area contributed by atoms with Crippen LogP contribution in [0.5, 0.6) is 0 Å². The largest absolute Gasteiger partial charge is 0.480 e. The van der Waals surface area contributed by atoms with Gasteiger partial charge in [-0.05, 0) is 34.2 Å². The van der Waals surface area contributed by atoms with Crippen LogP contribution in [0.1, 0.15) is 29.9 Å². The molecule has 2 aromatic carbocycles. The number of carboxylic acids is 1. The van der Waals surface area contributed by atoms with Crippen LogP contribution in [-0.2, 0) is 23.9 Å². The number of hydrogen-bond acceptors (Lipinski definition) is 8. The van der Waals surface area contributed by atoms with Crippen molar-refractivity contribution in [2.75, 3.05) is 18.9 Å². The molecule has 2 amide bonds. The number of fused-ring (bicyclic) bond motifs is 3. The molecular formula is C24H25N5O6S2. The third-order valence-corrected chi connectivity index (χ3v) is 8.20. The van der Waals surface area contributed by atoms with Gasteiger partial charge in [0, 0.05) is 29.5 Å². The molecule has 2 aromatic rings. The molecule has 1 aliphatic rings. The molecule has 4 N–H and O–H groups in total. The minimum atomic E-state index is -1.36. The maximum atomic E-state index is 12.7. The molecule has 0 fully saturated rings. The fraction of sp³-hybridized carbons (Fsp3) is 0.333. The summed E-state index contributed by atoms with van der Waals surface area (Å²) in [5.74, 6) is -3.83. The van der Waals surface area contributed by atoms with Crippen molar-refractivity contribution in [3.05, 3.63) is 70.1 Å². The maximum absolute atomic E-state index is 12.7. The molecule has 37 heavy (non-hydrogen) atoms. The maximum Gasteiger partial charge on any atom is 0.329 e. The van der Waals surface area contributed by atoms with Crippen molar-refractivity contribution < 1.29 is 29.0 Å². The molecule has 1 aliphatic carbocycles. The van der Waals surface area contributed by atoms with Crippen molar-refractivity contribution in [2.45, 2.75) is 30.1 Å². The number of azide groups is 1. The van der Waals surface area contributed by atoms with Gasteiger partial charge < -0.3 is 20.9 Å². The van der Waals surface area contributed by atoms with Gasteiger partial charge in [0.15, 0.2) is 5.25 Å². The van der Waals surface area contributed by atoms with Crippen LogP contribution < -0.4 is 11.1 Å². The smallest absolute Gasteiger partial charge is 0.329 e. The highest BCUT2D eigenvalue weighted by atomic mass is 33.1. The number of rotatable bonds is 14. The highest BCUT2D eigenvalue weighted by Gasteiger charge is 2.33. The Morgan fingerprint density at radius 3 is 2.30 bits per heavy atom. The normalized spacial score (nSPS) is 13.4. The first-order valence-electron chi connectivity index (χ1n) is 11.3. The van der Waals surface area contributed by atoms with E-state index < -0.39 is 35.0 Å². The van der Waals surface area contributed by atoms with Crippen LogP contribution in [-0.4, -0.2) is 59.1 Å². The van der Waals surface area contributed by atoms with Crippen LogP contribution in [0.4, 0.5) is 0 Å². The van der Waals surface area contributed by atoms with Gasteiger partial charge in [0.1, 0.15) is 12.6 Å². The highest BCUT2D eigenvalue weighted by Crippen LogP contribution is 2.44. The van der Waals surface area contributed by atoms with Gasteiger partial charge in [0.25, 0.3) is 0 Å². The molecule has 2 unspecified atom stereocenters. The topological polar surface area (TPSA) is 185 Å². The van der Waals surface area contributed by atoms with Crippen LogP contribution in [0.15, 0.2) is 53.6 Å². The number of aliphatic carboxylic acids is 1. The van der Waals surface area contributed by atoms with E-state index in [-0.39, 0.29) is 37.7 Å². The fourth-order valence-corrected chi connectivity index (χ4v) is 6.25. The van der Waals surface area contributed by atoms with Gasteiger partial charge in [-0.15, -0.1) is 0 Å². The average molecular weight is 544 g/mol. The van der Waals surface area contributed by atoms with Crippen molar-refractivity contribution in [1.29, 1.82) is 0 Å². The zero-order chi connectivity index (χ0) is 26.8. The summed E-state index contributed by atoms with van der Waals surface area (Å²) in [5.41, 5.74) is 17.8. The third-order valence-electron chi connectivity index (χ3n) is 5.58. The third kappa shape index (κ3) is 7.42. The van der Waals surface area contributed by atoms with Crippen molar-refractivity contribution in [2.24, 2.45) is 10.8 Å². The minimum absolute atomic E-state index is 0.00965. The van der Waals surface area contributed by atoms with Gasteiger partial charge in [-0.1, -0.05) is 75.2 Å². The van der Waals surface area contributed by atoms with E-state index in [0.717, 1.165) is 43.8 Å². The quantitative estimate of drug-likeness (QED) is 0.0616. The molecule has 0 aliphatic heterocycles. The van der Waals surface area contributed by atoms with Crippen molar-refractivity contribution >= 4 is 45.3 Å². The Bertz CT molecular complexity index is 1170. The molecule has 0 heterocycles. The number of nitrogens with two attached hydrogens (primary N) is 1. The Labute approximate surface area is 220 Å². The van der Waals surface area contributed by atoms with Gasteiger partial charge in [-0.3, -0.25) is 14.4 Å². The minimum Gasteiger partial charge on any atom is -0.480 e. The lowest BCUT2D eigenvalue weighted by molar-refractivity contribution is -0.145. The summed E-state index contributed by atoms with van der Waals surface area (Å²) in [4.78, 5) is 50.8. The molecule has 13 heteroatoms. The van der Waals surface area contributed by atoms with Gasteiger partial charge in [0.05, 0.1) is 0 Å². The van der Waals surface area contributed by atoms with Crippen molar-refractivity contribution in [3.63, 3.8) is 0 Å². The molecule has 0 saturated heterocycles. The number of amides is 2. The number of benzene rings is 2. The highest BCUT2D eigenvalue weighted by molar-refractivity contribution is 8.77. The molecule has 0 radical (unpaired) electrons. The lowest BCUT2D eigenvalue weighted by Crippen LogP contribution is -2.42. The predicted molar refractivity (Wildman–Crippen MR) is 141 cm³/mol. The standard InChI is InChI=1S/C24H25N5O6S2/c25-22(31)21(37-36-13-19(23(32)33)28-20(30)10-5-11-27-29-26)24(34)35-12-18-16-8-3-1-6-14(16)15-7-2-4-9-17(15)18/h1-4,6-9,18-19,21H,5,10-13H2,(H2,25,31)(H,28,30)(H,32,33). The molecule has 2 atom stereocenters. The van der Waals surface area contributed by atoms with E-state index in [2.05, 4.69) is 15.3 Å². The van der Waals surface area contributed by atoms with Gasteiger partial charge in [0.2, 0.25) is 11.8 Å². The zero-order valence-electron chi connectivity index (χ0n) is 19.6. The summed E-state index contributed by atoms with van der Waals surface area (Å²) in [6, 6.07) is 14.4. The van der Waals surface area contributed by atoms with Gasteiger partial charge in [-0.2, -0.15) is 0 Å². The van der Waals surface area contributed by atoms with E-state index in [1.54, 1.807) is 0 Å². The zero-order valence-corrected chi connectivity index (χ0v) is 21.2. The van der Waals surface area contributed by atoms with Crippen LogP contribution in [0, 0.1) is 0 Å². The SMILES string of the molecule is [N-]=[N+]=NCCCC(=O)NC(CSSC(C(N)=O)C(=O)OCC1c2ccccc2-c2ccccc21)C(=O)O. The summed E-state index contributed by atoms with van der Waals surface area (Å²) in [6.07, 6.45) is 0.264. The monoisotopic (exact) mass is 543 g/mol. The second-order valence-corrected chi connectivity index (χ2v) is 10.6. The number of carbonyl (C=O) groups is 4. The molecule has 0 bridgehead atoms. The lowest BCUT2D eigenvalue weighted by atomic mass is 9.98. The van der Waals surface area contributed by atoms with Crippen LogP contribution in [0.2, 0.25) is 0 Å².